The third-order valence-electron chi connectivity index (χ3n) is 5.61. The number of para-hydroxylation sites is 2. The van der Waals surface area contributed by atoms with Crippen LogP contribution in [0.25, 0.3) is 0 Å². The minimum atomic E-state index is -0.0501. The Labute approximate surface area is 199 Å². The number of nitrogens with zero attached hydrogens (tertiary/aromatic N) is 4. The van der Waals surface area contributed by atoms with Gasteiger partial charge in [-0.15, -0.1) is 0 Å². The second kappa shape index (κ2) is 11.0. The lowest BCUT2D eigenvalue weighted by atomic mass is 10.1. The number of nitrogens with one attached hydrogen (secondary N) is 1. The summed E-state index contributed by atoms with van der Waals surface area (Å²) in [5, 5.41) is 3.76. The van der Waals surface area contributed by atoms with Crippen molar-refractivity contribution in [1.29, 1.82) is 0 Å². The molecule has 4 rings (SSSR count). The smallest absolute Gasteiger partial charge is 0.234 e. The number of methoxy groups -OCH3 is 1. The van der Waals surface area contributed by atoms with Crippen LogP contribution in [0, 0.1) is 0 Å². The maximum absolute atomic E-state index is 12.5. The van der Waals surface area contributed by atoms with E-state index in [1.165, 1.54) is 17.3 Å². The molecule has 0 unspecified atom stereocenters. The van der Waals surface area contributed by atoms with Crippen LogP contribution in [-0.4, -0.2) is 54.9 Å². The van der Waals surface area contributed by atoms with E-state index in [0.29, 0.717) is 0 Å². The van der Waals surface area contributed by atoms with E-state index in [4.69, 9.17) is 4.74 Å². The fourth-order valence-electron chi connectivity index (χ4n) is 3.89. The second-order valence-corrected chi connectivity index (χ2v) is 8.69. The highest BCUT2D eigenvalue weighted by atomic mass is 32.2. The lowest BCUT2D eigenvalue weighted by Crippen LogP contribution is -2.47. The SMILES string of the molecule is CCc1cccc(NC(=O)CSc2nccnc2N2CCN(c3ccccc3OC)CC2)c1. The van der Waals surface area contributed by atoms with Gasteiger partial charge in [-0.25, -0.2) is 9.97 Å². The summed E-state index contributed by atoms with van der Waals surface area (Å²) in [6.07, 6.45) is 4.33. The third kappa shape index (κ3) is 5.76. The molecule has 8 heteroatoms. The Kier molecular flexibility index (Phi) is 7.67. The van der Waals surface area contributed by atoms with Gasteiger partial charge in [-0.05, 0) is 36.2 Å². The molecule has 0 radical (unpaired) electrons. The summed E-state index contributed by atoms with van der Waals surface area (Å²) in [4.78, 5) is 26.2. The molecule has 0 saturated carbocycles. The van der Waals surface area contributed by atoms with Crippen LogP contribution >= 0.6 is 11.8 Å². The Morgan fingerprint density at radius 1 is 1.03 bits per heavy atom. The Bertz CT molecular complexity index is 1090. The number of ether oxygens (including phenoxy) is 1. The van der Waals surface area contributed by atoms with Crippen LogP contribution in [0.3, 0.4) is 0 Å². The number of aromatic nitrogens is 2. The standard InChI is InChI=1S/C25H29N5O2S/c1-3-19-7-6-8-20(17-19)28-23(31)18-33-25-24(26-11-12-27-25)30-15-13-29(14-16-30)21-9-4-5-10-22(21)32-2/h4-12,17H,3,13-16,18H2,1-2H3,(H,28,31). The zero-order valence-corrected chi connectivity index (χ0v) is 19.8. The molecule has 2 heterocycles. The van der Waals surface area contributed by atoms with Crippen LogP contribution in [0.1, 0.15) is 12.5 Å². The molecule has 1 N–H and O–H groups in total. The van der Waals surface area contributed by atoms with Crippen molar-refractivity contribution in [2.24, 2.45) is 0 Å². The van der Waals surface area contributed by atoms with E-state index in [9.17, 15) is 4.79 Å². The fourth-order valence-corrected chi connectivity index (χ4v) is 4.67. The molecule has 1 fully saturated rings. The highest BCUT2D eigenvalue weighted by Gasteiger charge is 2.23. The Hall–Kier alpha value is -3.26. The topological polar surface area (TPSA) is 70.6 Å². The zero-order valence-electron chi connectivity index (χ0n) is 19.0. The maximum Gasteiger partial charge on any atom is 0.234 e. The minimum Gasteiger partial charge on any atom is -0.495 e. The molecule has 1 aliphatic rings. The van der Waals surface area contributed by atoms with Crippen LogP contribution < -0.4 is 19.9 Å². The number of anilines is 3. The molecule has 1 saturated heterocycles. The van der Waals surface area contributed by atoms with Crippen LogP contribution in [0.15, 0.2) is 66.0 Å². The highest BCUT2D eigenvalue weighted by Crippen LogP contribution is 2.31. The lowest BCUT2D eigenvalue weighted by molar-refractivity contribution is -0.113. The number of benzene rings is 2. The summed E-state index contributed by atoms with van der Waals surface area (Å²) in [6.45, 7) is 5.45. The molecule has 0 atom stereocenters. The van der Waals surface area contributed by atoms with Gasteiger partial charge in [0, 0.05) is 44.3 Å². The van der Waals surface area contributed by atoms with Crippen LogP contribution in [-0.2, 0) is 11.2 Å². The predicted molar refractivity (Wildman–Crippen MR) is 135 cm³/mol. The van der Waals surface area contributed by atoms with Gasteiger partial charge < -0.3 is 19.9 Å². The van der Waals surface area contributed by atoms with E-state index in [0.717, 1.165) is 60.6 Å². The third-order valence-corrected chi connectivity index (χ3v) is 6.58. The van der Waals surface area contributed by atoms with E-state index in [1.54, 1.807) is 19.5 Å². The minimum absolute atomic E-state index is 0.0501. The van der Waals surface area contributed by atoms with E-state index < -0.39 is 0 Å². The number of carbonyl (C=O) groups excluding carboxylic acids is 1. The Balaban J connectivity index is 1.36. The average molecular weight is 464 g/mol. The van der Waals surface area contributed by atoms with Crippen molar-refractivity contribution in [3.05, 3.63) is 66.5 Å². The van der Waals surface area contributed by atoms with Gasteiger partial charge in [-0.2, -0.15) is 0 Å². The number of piperazine rings is 1. The number of thioether (sulfide) groups is 1. The maximum atomic E-state index is 12.5. The van der Waals surface area contributed by atoms with E-state index >= 15 is 0 Å². The Morgan fingerprint density at radius 3 is 2.58 bits per heavy atom. The van der Waals surface area contributed by atoms with E-state index in [2.05, 4.69) is 44.1 Å². The zero-order chi connectivity index (χ0) is 23.0. The van der Waals surface area contributed by atoms with Gasteiger partial charge in [0.05, 0.1) is 18.6 Å². The quantitative estimate of drug-likeness (QED) is 0.504. The van der Waals surface area contributed by atoms with Crippen molar-refractivity contribution in [2.75, 3.05) is 54.2 Å². The van der Waals surface area contributed by atoms with E-state index in [1.807, 2.05) is 36.4 Å². The summed E-state index contributed by atoms with van der Waals surface area (Å²) >= 11 is 1.42. The number of carbonyl (C=O) groups is 1. The van der Waals surface area contributed by atoms with Crippen molar-refractivity contribution in [3.63, 3.8) is 0 Å². The highest BCUT2D eigenvalue weighted by molar-refractivity contribution is 8.00. The number of hydrogen-bond donors (Lipinski definition) is 1. The first-order valence-corrected chi connectivity index (χ1v) is 12.1. The molecule has 1 aliphatic heterocycles. The van der Waals surface area contributed by atoms with Gasteiger partial charge >= 0.3 is 0 Å². The van der Waals surface area contributed by atoms with Gasteiger partial charge in [0.15, 0.2) is 5.82 Å². The summed E-state index contributed by atoms with van der Waals surface area (Å²) in [5.74, 6) is 1.95. The monoisotopic (exact) mass is 463 g/mol. The molecule has 7 nitrogen and oxygen atoms in total. The Morgan fingerprint density at radius 2 is 1.79 bits per heavy atom. The molecule has 3 aromatic rings. The molecule has 33 heavy (non-hydrogen) atoms. The molecule has 1 amide bonds. The number of aryl methyl sites for hydroxylation is 1. The predicted octanol–water partition coefficient (Wildman–Crippen LogP) is 4.11. The summed E-state index contributed by atoms with van der Waals surface area (Å²) in [5.41, 5.74) is 3.13. The molecule has 0 bridgehead atoms. The lowest BCUT2D eigenvalue weighted by Gasteiger charge is -2.37. The summed E-state index contributed by atoms with van der Waals surface area (Å²) in [7, 11) is 1.70. The van der Waals surface area contributed by atoms with Crippen LogP contribution in [0.4, 0.5) is 17.2 Å². The molecule has 2 aromatic carbocycles. The second-order valence-electron chi connectivity index (χ2n) is 7.72. The molecule has 172 valence electrons. The van der Waals surface area contributed by atoms with Crippen LogP contribution in [0.2, 0.25) is 0 Å². The number of hydrogen-bond acceptors (Lipinski definition) is 7. The summed E-state index contributed by atoms with van der Waals surface area (Å²) < 4.78 is 5.52. The average Bonchev–Trinajstić information content (AvgIpc) is 2.88. The van der Waals surface area contributed by atoms with Crippen molar-refractivity contribution < 1.29 is 9.53 Å². The van der Waals surface area contributed by atoms with Gasteiger partial charge in [-0.3, -0.25) is 4.79 Å². The summed E-state index contributed by atoms with van der Waals surface area (Å²) in [6, 6.07) is 16.0. The van der Waals surface area contributed by atoms with Gasteiger partial charge in [0.2, 0.25) is 5.91 Å². The van der Waals surface area contributed by atoms with Crippen molar-refractivity contribution in [3.8, 4) is 5.75 Å². The van der Waals surface area contributed by atoms with E-state index in [-0.39, 0.29) is 11.7 Å². The molecular weight excluding hydrogens is 434 g/mol. The number of rotatable bonds is 8. The first-order chi connectivity index (χ1) is 16.2. The molecule has 0 aliphatic carbocycles. The van der Waals surface area contributed by atoms with Gasteiger partial charge in [-0.1, -0.05) is 43.0 Å². The van der Waals surface area contributed by atoms with Crippen molar-refractivity contribution >= 4 is 34.9 Å². The fraction of sp³-hybridized carbons (Fsp3) is 0.320. The van der Waals surface area contributed by atoms with Crippen molar-refractivity contribution in [2.45, 2.75) is 18.4 Å². The normalized spacial score (nSPS) is 13.6. The van der Waals surface area contributed by atoms with Gasteiger partial charge in [0.25, 0.3) is 0 Å². The number of amides is 1. The molecule has 0 spiro atoms. The first kappa shape index (κ1) is 22.9. The van der Waals surface area contributed by atoms with Crippen LogP contribution in [0.5, 0.6) is 5.75 Å². The van der Waals surface area contributed by atoms with Crippen molar-refractivity contribution in [1.82, 2.24) is 9.97 Å². The van der Waals surface area contributed by atoms with Gasteiger partial charge in [0.1, 0.15) is 10.8 Å². The largest absolute Gasteiger partial charge is 0.495 e. The first-order valence-electron chi connectivity index (χ1n) is 11.1. The molecule has 1 aromatic heterocycles. The molecular formula is C25H29N5O2S.